The molecule has 0 spiro atoms. The van der Waals surface area contributed by atoms with E-state index in [2.05, 4.69) is 0 Å². The Morgan fingerprint density at radius 3 is 2.06 bits per heavy atom. The average molecular weight is 238 g/mol. The minimum Gasteiger partial charge on any atom is -0.370 e. The number of nitrogens with two attached hydrogens (primary N) is 1. The molecular formula is C11H14N2O4. The lowest BCUT2D eigenvalue weighted by molar-refractivity contribution is -0.148. The highest BCUT2D eigenvalue weighted by Crippen LogP contribution is 2.09. The predicted octanol–water partition coefficient (Wildman–Crippen LogP) is -0.126. The first-order chi connectivity index (χ1) is 8.02. The molecule has 1 aliphatic rings. The zero-order valence-corrected chi connectivity index (χ0v) is 9.35. The standard InChI is InChI=1S/C11H14N2O4/c12-8(14)4-2-1-3-5-9(15)13-10(16)6-7-11(13)17/h6-7H,1-5H2,(H2,12,14). The maximum atomic E-state index is 11.5. The largest absolute Gasteiger partial charge is 0.370 e. The Labute approximate surface area is 98.4 Å². The van der Waals surface area contributed by atoms with Crippen molar-refractivity contribution in [3.8, 4) is 0 Å². The van der Waals surface area contributed by atoms with Crippen molar-refractivity contribution in [2.75, 3.05) is 0 Å². The van der Waals surface area contributed by atoms with Gasteiger partial charge in [-0.25, -0.2) is 4.90 Å². The first kappa shape index (κ1) is 13.1. The molecule has 0 aromatic heterocycles. The van der Waals surface area contributed by atoms with Crippen LogP contribution in [0.15, 0.2) is 12.2 Å². The van der Waals surface area contributed by atoms with Crippen LogP contribution in [0.3, 0.4) is 0 Å². The second kappa shape index (κ2) is 5.93. The van der Waals surface area contributed by atoms with Crippen LogP contribution >= 0.6 is 0 Å². The van der Waals surface area contributed by atoms with Gasteiger partial charge in [0.25, 0.3) is 11.8 Å². The SMILES string of the molecule is NC(=O)CCCCCC(=O)N1C(=O)C=CC1=O. The smallest absolute Gasteiger partial charge is 0.260 e. The van der Waals surface area contributed by atoms with Gasteiger partial charge in [-0.3, -0.25) is 19.2 Å². The number of primary amides is 1. The molecule has 4 amide bonds. The van der Waals surface area contributed by atoms with Crippen LogP contribution in [0.1, 0.15) is 32.1 Å². The van der Waals surface area contributed by atoms with E-state index in [4.69, 9.17) is 5.73 Å². The van der Waals surface area contributed by atoms with Gasteiger partial charge in [-0.15, -0.1) is 0 Å². The van der Waals surface area contributed by atoms with Gasteiger partial charge >= 0.3 is 0 Å². The minimum absolute atomic E-state index is 0.123. The van der Waals surface area contributed by atoms with Gasteiger partial charge in [0.1, 0.15) is 0 Å². The van der Waals surface area contributed by atoms with E-state index >= 15 is 0 Å². The summed E-state index contributed by atoms with van der Waals surface area (Å²) in [7, 11) is 0. The van der Waals surface area contributed by atoms with Crippen LogP contribution in [0.4, 0.5) is 0 Å². The van der Waals surface area contributed by atoms with E-state index in [1.165, 1.54) is 0 Å². The molecule has 6 heteroatoms. The quantitative estimate of drug-likeness (QED) is 0.515. The van der Waals surface area contributed by atoms with Crippen LogP contribution in [0, 0.1) is 0 Å². The highest BCUT2D eigenvalue weighted by molar-refractivity contribution is 6.22. The van der Waals surface area contributed by atoms with Crippen molar-refractivity contribution in [1.82, 2.24) is 4.90 Å². The summed E-state index contributed by atoms with van der Waals surface area (Å²) in [5, 5.41) is 0. The van der Waals surface area contributed by atoms with Crippen molar-refractivity contribution in [3.05, 3.63) is 12.2 Å². The van der Waals surface area contributed by atoms with E-state index < -0.39 is 17.7 Å². The highest BCUT2D eigenvalue weighted by Gasteiger charge is 2.29. The number of rotatable bonds is 6. The van der Waals surface area contributed by atoms with E-state index in [0.717, 1.165) is 12.2 Å². The molecule has 6 nitrogen and oxygen atoms in total. The fourth-order valence-electron chi connectivity index (χ4n) is 1.51. The third-order valence-electron chi connectivity index (χ3n) is 2.37. The molecule has 17 heavy (non-hydrogen) atoms. The van der Waals surface area contributed by atoms with Gasteiger partial charge in [0, 0.05) is 25.0 Å². The van der Waals surface area contributed by atoms with Gasteiger partial charge in [-0.05, 0) is 12.8 Å². The number of hydrogen-bond donors (Lipinski definition) is 1. The van der Waals surface area contributed by atoms with Crippen molar-refractivity contribution in [1.29, 1.82) is 0 Å². The fraction of sp³-hybridized carbons (Fsp3) is 0.455. The molecule has 0 aromatic carbocycles. The molecule has 0 saturated heterocycles. The van der Waals surface area contributed by atoms with Crippen LogP contribution in [-0.2, 0) is 19.2 Å². The first-order valence-corrected chi connectivity index (χ1v) is 5.39. The normalized spacial score (nSPS) is 14.5. The van der Waals surface area contributed by atoms with Gasteiger partial charge in [-0.1, -0.05) is 6.42 Å². The van der Waals surface area contributed by atoms with Gasteiger partial charge in [0.2, 0.25) is 11.8 Å². The molecule has 1 heterocycles. The molecule has 1 aliphatic heterocycles. The molecule has 0 bridgehead atoms. The van der Waals surface area contributed by atoms with Crippen molar-refractivity contribution < 1.29 is 19.2 Å². The molecule has 92 valence electrons. The molecule has 0 fully saturated rings. The molecule has 0 aliphatic carbocycles. The molecular weight excluding hydrogens is 224 g/mol. The van der Waals surface area contributed by atoms with Crippen molar-refractivity contribution in [2.45, 2.75) is 32.1 Å². The topological polar surface area (TPSA) is 97.5 Å². The summed E-state index contributed by atoms with van der Waals surface area (Å²) in [5.74, 6) is -2.04. The summed E-state index contributed by atoms with van der Waals surface area (Å²) in [5.41, 5.74) is 4.96. The summed E-state index contributed by atoms with van der Waals surface area (Å²) in [6.45, 7) is 0. The zero-order valence-electron chi connectivity index (χ0n) is 9.35. The predicted molar refractivity (Wildman–Crippen MR) is 58.3 cm³/mol. The Morgan fingerprint density at radius 2 is 1.53 bits per heavy atom. The third-order valence-corrected chi connectivity index (χ3v) is 2.37. The number of carbonyl (C=O) groups is 4. The number of nitrogens with zero attached hydrogens (tertiary/aromatic N) is 1. The van der Waals surface area contributed by atoms with Crippen LogP contribution in [-0.4, -0.2) is 28.5 Å². The van der Waals surface area contributed by atoms with E-state index in [1.807, 2.05) is 0 Å². The highest BCUT2D eigenvalue weighted by atomic mass is 16.2. The Balaban J connectivity index is 2.24. The summed E-state index contributed by atoms with van der Waals surface area (Å²) in [6.07, 6.45) is 4.38. The Hall–Kier alpha value is -1.98. The van der Waals surface area contributed by atoms with E-state index in [9.17, 15) is 19.2 Å². The Kier molecular flexibility index (Phi) is 4.56. The van der Waals surface area contributed by atoms with E-state index in [0.29, 0.717) is 24.2 Å². The first-order valence-electron chi connectivity index (χ1n) is 5.39. The van der Waals surface area contributed by atoms with Gasteiger partial charge in [-0.2, -0.15) is 0 Å². The number of carbonyl (C=O) groups excluding carboxylic acids is 4. The molecule has 0 radical (unpaired) electrons. The maximum Gasteiger partial charge on any atom is 0.260 e. The van der Waals surface area contributed by atoms with Crippen molar-refractivity contribution >= 4 is 23.6 Å². The Bertz CT molecular complexity index is 369. The van der Waals surface area contributed by atoms with Gasteiger partial charge in [0.15, 0.2) is 0 Å². The van der Waals surface area contributed by atoms with Crippen molar-refractivity contribution in [2.24, 2.45) is 5.73 Å². The summed E-state index contributed by atoms with van der Waals surface area (Å²) < 4.78 is 0. The lowest BCUT2D eigenvalue weighted by Gasteiger charge is -2.11. The summed E-state index contributed by atoms with van der Waals surface area (Å²) in [6, 6.07) is 0. The van der Waals surface area contributed by atoms with Gasteiger partial charge < -0.3 is 5.73 Å². The second-order valence-corrected chi connectivity index (χ2v) is 3.77. The third kappa shape index (κ3) is 3.82. The number of amides is 4. The number of imide groups is 3. The van der Waals surface area contributed by atoms with Gasteiger partial charge in [0.05, 0.1) is 0 Å². The summed E-state index contributed by atoms with van der Waals surface area (Å²) >= 11 is 0. The fourth-order valence-corrected chi connectivity index (χ4v) is 1.51. The molecule has 0 saturated carbocycles. The molecule has 1 rings (SSSR count). The van der Waals surface area contributed by atoms with Crippen LogP contribution in [0.25, 0.3) is 0 Å². The Morgan fingerprint density at radius 1 is 1.00 bits per heavy atom. The zero-order chi connectivity index (χ0) is 12.8. The molecule has 0 unspecified atom stereocenters. The van der Waals surface area contributed by atoms with Crippen LogP contribution in [0.5, 0.6) is 0 Å². The molecule has 0 atom stereocenters. The van der Waals surface area contributed by atoms with Crippen molar-refractivity contribution in [3.63, 3.8) is 0 Å². The second-order valence-electron chi connectivity index (χ2n) is 3.77. The van der Waals surface area contributed by atoms with Crippen LogP contribution in [0.2, 0.25) is 0 Å². The lowest BCUT2D eigenvalue weighted by Crippen LogP contribution is -2.36. The summed E-state index contributed by atoms with van der Waals surface area (Å²) in [4.78, 5) is 44.9. The van der Waals surface area contributed by atoms with Crippen LogP contribution < -0.4 is 5.73 Å². The minimum atomic E-state index is -0.586. The lowest BCUT2D eigenvalue weighted by atomic mass is 10.1. The molecule has 2 N–H and O–H groups in total. The number of unbranched alkanes of at least 4 members (excludes halogenated alkanes) is 2. The number of hydrogen-bond acceptors (Lipinski definition) is 4. The monoisotopic (exact) mass is 238 g/mol. The van der Waals surface area contributed by atoms with E-state index in [-0.39, 0.29) is 18.7 Å². The molecule has 0 aromatic rings. The average Bonchev–Trinajstić information content (AvgIpc) is 2.57. The maximum absolute atomic E-state index is 11.5. The van der Waals surface area contributed by atoms with E-state index in [1.54, 1.807) is 0 Å².